The van der Waals surface area contributed by atoms with Crippen LogP contribution in [-0.2, 0) is 6.18 Å². The van der Waals surface area contributed by atoms with Gasteiger partial charge in [0.25, 0.3) is 0 Å². The number of hydrogen-bond donors (Lipinski definition) is 2. The molecular weight excluding hydrogens is 238 g/mol. The van der Waals surface area contributed by atoms with E-state index in [0.29, 0.717) is 6.07 Å². The Bertz CT molecular complexity index is 392. The van der Waals surface area contributed by atoms with Crippen LogP contribution in [0.2, 0.25) is 0 Å². The summed E-state index contributed by atoms with van der Waals surface area (Å²) in [4.78, 5) is 0. The fourth-order valence-corrected chi connectivity index (χ4v) is 1.40. The number of aliphatic hydroxyl groups is 1. The SMILES string of the molecule is CC(CN)C(O)c1cc(F)cc(C(F)(F)F)c1. The summed E-state index contributed by atoms with van der Waals surface area (Å²) in [5, 5.41) is 9.69. The van der Waals surface area contributed by atoms with Gasteiger partial charge in [-0.25, -0.2) is 4.39 Å². The van der Waals surface area contributed by atoms with Crippen molar-refractivity contribution in [1.82, 2.24) is 0 Å². The molecule has 2 nitrogen and oxygen atoms in total. The molecule has 0 amide bonds. The number of alkyl halides is 3. The first-order valence-electron chi connectivity index (χ1n) is 5.01. The van der Waals surface area contributed by atoms with Crippen molar-refractivity contribution in [2.45, 2.75) is 19.2 Å². The molecule has 0 aromatic heterocycles. The standard InChI is InChI=1S/C11H13F4NO/c1-6(5-16)10(17)7-2-8(11(13,14)15)4-9(12)3-7/h2-4,6,10,17H,5,16H2,1H3. The molecule has 0 saturated heterocycles. The summed E-state index contributed by atoms with van der Waals surface area (Å²) in [5.41, 5.74) is 4.07. The molecule has 2 unspecified atom stereocenters. The summed E-state index contributed by atoms with van der Waals surface area (Å²) < 4.78 is 50.3. The maximum atomic E-state index is 13.0. The molecule has 0 spiro atoms. The van der Waals surface area contributed by atoms with Gasteiger partial charge in [-0.1, -0.05) is 6.92 Å². The van der Waals surface area contributed by atoms with Crippen LogP contribution in [0.25, 0.3) is 0 Å². The minimum absolute atomic E-state index is 0.0963. The van der Waals surface area contributed by atoms with Crippen molar-refractivity contribution in [3.05, 3.63) is 35.1 Å². The van der Waals surface area contributed by atoms with Gasteiger partial charge in [-0.2, -0.15) is 13.2 Å². The number of rotatable bonds is 3. The molecule has 0 aliphatic heterocycles. The van der Waals surface area contributed by atoms with E-state index in [1.54, 1.807) is 6.92 Å². The lowest BCUT2D eigenvalue weighted by Crippen LogP contribution is -2.19. The number of aliphatic hydroxyl groups excluding tert-OH is 1. The fourth-order valence-electron chi connectivity index (χ4n) is 1.40. The lowest BCUT2D eigenvalue weighted by molar-refractivity contribution is -0.137. The lowest BCUT2D eigenvalue weighted by Gasteiger charge is -2.18. The lowest BCUT2D eigenvalue weighted by atomic mass is 9.96. The molecule has 0 saturated carbocycles. The highest BCUT2D eigenvalue weighted by Gasteiger charge is 2.32. The monoisotopic (exact) mass is 251 g/mol. The quantitative estimate of drug-likeness (QED) is 0.811. The molecule has 0 heterocycles. The van der Waals surface area contributed by atoms with E-state index in [4.69, 9.17) is 5.73 Å². The third-order valence-electron chi connectivity index (χ3n) is 2.50. The van der Waals surface area contributed by atoms with E-state index in [1.807, 2.05) is 0 Å². The zero-order valence-electron chi connectivity index (χ0n) is 9.13. The summed E-state index contributed by atoms with van der Waals surface area (Å²) in [5.74, 6) is -1.48. The first-order chi connectivity index (χ1) is 7.75. The predicted molar refractivity (Wildman–Crippen MR) is 54.6 cm³/mol. The van der Waals surface area contributed by atoms with Gasteiger partial charge in [-0.05, 0) is 36.2 Å². The Hall–Kier alpha value is -1.14. The Kier molecular flexibility index (Phi) is 4.11. The first-order valence-corrected chi connectivity index (χ1v) is 5.01. The molecule has 1 aromatic rings. The molecule has 6 heteroatoms. The van der Waals surface area contributed by atoms with E-state index in [0.717, 1.165) is 12.1 Å². The summed E-state index contributed by atoms with van der Waals surface area (Å²) in [7, 11) is 0. The van der Waals surface area contributed by atoms with Crippen molar-refractivity contribution in [2.75, 3.05) is 6.54 Å². The zero-order valence-corrected chi connectivity index (χ0v) is 9.13. The number of halogens is 4. The van der Waals surface area contributed by atoms with Crippen molar-refractivity contribution >= 4 is 0 Å². The molecule has 3 N–H and O–H groups in total. The van der Waals surface area contributed by atoms with E-state index >= 15 is 0 Å². The van der Waals surface area contributed by atoms with Gasteiger partial charge in [-0.3, -0.25) is 0 Å². The van der Waals surface area contributed by atoms with Gasteiger partial charge in [-0.15, -0.1) is 0 Å². The molecule has 0 fully saturated rings. The van der Waals surface area contributed by atoms with Gasteiger partial charge in [0.2, 0.25) is 0 Å². The van der Waals surface area contributed by atoms with E-state index in [9.17, 15) is 22.7 Å². The van der Waals surface area contributed by atoms with Gasteiger partial charge < -0.3 is 10.8 Å². The molecule has 0 aliphatic rings. The third-order valence-corrected chi connectivity index (χ3v) is 2.50. The molecule has 0 aliphatic carbocycles. The Morgan fingerprint density at radius 1 is 1.29 bits per heavy atom. The van der Waals surface area contributed by atoms with Crippen molar-refractivity contribution in [2.24, 2.45) is 11.7 Å². The predicted octanol–water partition coefficient (Wildman–Crippen LogP) is 2.47. The Morgan fingerprint density at radius 2 is 1.88 bits per heavy atom. The molecule has 96 valence electrons. The van der Waals surface area contributed by atoms with Gasteiger partial charge >= 0.3 is 6.18 Å². The first kappa shape index (κ1) is 13.9. The smallest absolute Gasteiger partial charge is 0.388 e. The third kappa shape index (κ3) is 3.41. The van der Waals surface area contributed by atoms with Crippen LogP contribution >= 0.6 is 0 Å². The van der Waals surface area contributed by atoms with E-state index in [1.165, 1.54) is 0 Å². The molecular formula is C11H13F4NO. The molecule has 2 atom stereocenters. The molecule has 1 aromatic carbocycles. The van der Waals surface area contributed by atoms with Crippen LogP contribution < -0.4 is 5.73 Å². The topological polar surface area (TPSA) is 46.2 Å². The van der Waals surface area contributed by atoms with E-state index < -0.39 is 29.6 Å². The van der Waals surface area contributed by atoms with Crippen molar-refractivity contribution in [3.63, 3.8) is 0 Å². The highest BCUT2D eigenvalue weighted by atomic mass is 19.4. The van der Waals surface area contributed by atoms with Crippen LogP contribution in [-0.4, -0.2) is 11.7 Å². The minimum atomic E-state index is -4.64. The molecule has 17 heavy (non-hydrogen) atoms. The van der Waals surface area contributed by atoms with Crippen molar-refractivity contribution in [3.8, 4) is 0 Å². The molecule has 0 bridgehead atoms. The van der Waals surface area contributed by atoms with Crippen LogP contribution in [0.15, 0.2) is 18.2 Å². The number of hydrogen-bond acceptors (Lipinski definition) is 2. The van der Waals surface area contributed by atoms with E-state index in [-0.39, 0.29) is 12.1 Å². The highest BCUT2D eigenvalue weighted by Crippen LogP contribution is 2.32. The number of nitrogens with two attached hydrogens (primary N) is 1. The summed E-state index contributed by atoms with van der Waals surface area (Å²) in [6.45, 7) is 1.67. The molecule has 0 radical (unpaired) electrons. The number of benzene rings is 1. The summed E-state index contributed by atoms with van der Waals surface area (Å²) in [6, 6.07) is 2.01. The zero-order chi connectivity index (χ0) is 13.2. The Labute approximate surface area is 96.1 Å². The van der Waals surface area contributed by atoms with Gasteiger partial charge in [0.05, 0.1) is 11.7 Å². The second-order valence-corrected chi connectivity index (χ2v) is 3.93. The maximum absolute atomic E-state index is 13.0. The van der Waals surface area contributed by atoms with Crippen LogP contribution in [0.4, 0.5) is 17.6 Å². The van der Waals surface area contributed by atoms with Crippen LogP contribution in [0.5, 0.6) is 0 Å². The molecule has 1 rings (SSSR count). The van der Waals surface area contributed by atoms with Gasteiger partial charge in [0.15, 0.2) is 0 Å². The second kappa shape index (κ2) is 5.01. The van der Waals surface area contributed by atoms with E-state index in [2.05, 4.69) is 0 Å². The normalized spacial score (nSPS) is 15.7. The Morgan fingerprint density at radius 3 is 2.35 bits per heavy atom. The highest BCUT2D eigenvalue weighted by molar-refractivity contribution is 5.28. The fraction of sp³-hybridized carbons (Fsp3) is 0.455. The van der Waals surface area contributed by atoms with Crippen molar-refractivity contribution < 1.29 is 22.7 Å². The van der Waals surface area contributed by atoms with Crippen LogP contribution in [0.1, 0.15) is 24.2 Å². The van der Waals surface area contributed by atoms with Gasteiger partial charge in [0.1, 0.15) is 5.82 Å². The minimum Gasteiger partial charge on any atom is -0.388 e. The van der Waals surface area contributed by atoms with Gasteiger partial charge in [0, 0.05) is 0 Å². The van der Waals surface area contributed by atoms with Crippen LogP contribution in [0, 0.1) is 11.7 Å². The second-order valence-electron chi connectivity index (χ2n) is 3.93. The maximum Gasteiger partial charge on any atom is 0.416 e. The largest absolute Gasteiger partial charge is 0.416 e. The van der Waals surface area contributed by atoms with Crippen LogP contribution in [0.3, 0.4) is 0 Å². The average molecular weight is 251 g/mol. The average Bonchev–Trinajstić information content (AvgIpc) is 2.25. The summed E-state index contributed by atoms with van der Waals surface area (Å²) >= 11 is 0. The van der Waals surface area contributed by atoms with Crippen molar-refractivity contribution in [1.29, 1.82) is 0 Å². The summed E-state index contributed by atoms with van der Waals surface area (Å²) in [6.07, 6.45) is -5.85. The Balaban J connectivity index is 3.14.